The van der Waals surface area contributed by atoms with Crippen LogP contribution >= 0.6 is 11.3 Å². The lowest BCUT2D eigenvalue weighted by atomic mass is 9.99. The monoisotopic (exact) mass is 446 g/mol. The molecule has 1 saturated carbocycles. The van der Waals surface area contributed by atoms with Crippen molar-refractivity contribution in [3.63, 3.8) is 0 Å². The molecule has 1 unspecified atom stereocenters. The molecule has 7 nitrogen and oxygen atoms in total. The lowest BCUT2D eigenvalue weighted by Crippen LogP contribution is -2.28. The topological polar surface area (TPSA) is 97.1 Å². The zero-order valence-corrected chi connectivity index (χ0v) is 18.5. The lowest BCUT2D eigenvalue weighted by molar-refractivity contribution is 0.404. The summed E-state index contributed by atoms with van der Waals surface area (Å²) >= 11 is 1.14. The smallest absolute Gasteiger partial charge is 0.271 e. The van der Waals surface area contributed by atoms with Gasteiger partial charge in [-0.05, 0) is 37.5 Å². The third kappa shape index (κ3) is 5.08. The maximum Gasteiger partial charge on any atom is 0.271 e. The molecule has 0 aliphatic heterocycles. The highest BCUT2D eigenvalue weighted by Crippen LogP contribution is 2.32. The molecular formula is C21H26N4O3S2. The highest BCUT2D eigenvalue weighted by molar-refractivity contribution is 7.94. The van der Waals surface area contributed by atoms with Crippen molar-refractivity contribution in [2.45, 2.75) is 55.8 Å². The second kappa shape index (κ2) is 9.28. The summed E-state index contributed by atoms with van der Waals surface area (Å²) in [4.78, 5) is 4.89. The molecule has 1 aliphatic carbocycles. The van der Waals surface area contributed by atoms with Crippen LogP contribution in [-0.2, 0) is 16.6 Å². The number of aromatic nitrogens is 2. The van der Waals surface area contributed by atoms with E-state index in [4.69, 9.17) is 4.52 Å². The molecule has 3 aromatic heterocycles. The van der Waals surface area contributed by atoms with Gasteiger partial charge in [0.1, 0.15) is 4.21 Å². The van der Waals surface area contributed by atoms with Gasteiger partial charge >= 0.3 is 0 Å². The Labute approximate surface area is 181 Å². The van der Waals surface area contributed by atoms with Gasteiger partial charge in [0.25, 0.3) is 10.0 Å². The summed E-state index contributed by atoms with van der Waals surface area (Å²) in [6, 6.07) is 7.07. The Morgan fingerprint density at radius 1 is 1.20 bits per heavy atom. The normalized spacial score (nSPS) is 16.0. The van der Waals surface area contributed by atoms with E-state index in [0.717, 1.165) is 29.2 Å². The average molecular weight is 447 g/mol. The van der Waals surface area contributed by atoms with Crippen molar-refractivity contribution < 1.29 is 12.9 Å². The fourth-order valence-corrected chi connectivity index (χ4v) is 6.28. The van der Waals surface area contributed by atoms with Gasteiger partial charge in [0.05, 0.1) is 16.8 Å². The number of nitrogens with zero attached hydrogens (tertiary/aromatic N) is 2. The van der Waals surface area contributed by atoms with Crippen LogP contribution in [0.5, 0.6) is 0 Å². The average Bonchev–Trinajstić information content (AvgIpc) is 3.48. The summed E-state index contributed by atoms with van der Waals surface area (Å²) in [7, 11) is -3.71. The van der Waals surface area contributed by atoms with Crippen molar-refractivity contribution in [3.8, 4) is 10.6 Å². The molecule has 4 rings (SSSR count). The first-order valence-electron chi connectivity index (χ1n) is 10.2. The van der Waals surface area contributed by atoms with E-state index in [0.29, 0.717) is 28.9 Å². The van der Waals surface area contributed by atoms with Crippen molar-refractivity contribution in [1.82, 2.24) is 15.5 Å². The number of thiophene rings is 1. The molecule has 0 saturated heterocycles. The third-order valence-corrected chi connectivity index (χ3v) is 8.43. The molecule has 1 aliphatic rings. The van der Waals surface area contributed by atoms with Crippen LogP contribution < -0.4 is 10.0 Å². The van der Waals surface area contributed by atoms with Crippen LogP contribution in [0.4, 0.5) is 5.69 Å². The fourth-order valence-electron chi connectivity index (χ4n) is 3.92. The van der Waals surface area contributed by atoms with Crippen LogP contribution in [0.25, 0.3) is 10.6 Å². The van der Waals surface area contributed by atoms with Crippen molar-refractivity contribution >= 4 is 27.0 Å². The summed E-state index contributed by atoms with van der Waals surface area (Å²) in [5.74, 6) is 1.35. The van der Waals surface area contributed by atoms with Crippen molar-refractivity contribution in [2.75, 3.05) is 4.72 Å². The molecule has 3 heterocycles. The number of rotatable bonds is 9. The molecule has 3 aromatic rings. The standard InChI is InChI=1S/C21H26N4O3S2/c1-15(12-16-4-2-3-5-16)23-14-17-13-22-10-8-18(17)25-30(26,27)21-7-6-20(29-21)19-9-11-24-28-19/h6-11,13,15-16,23H,2-5,12,14H2,1H3,(H,22,25). The predicted octanol–water partition coefficient (Wildman–Crippen LogP) is 4.66. The van der Waals surface area contributed by atoms with Gasteiger partial charge in [-0.2, -0.15) is 0 Å². The Bertz CT molecular complexity index is 1060. The van der Waals surface area contributed by atoms with E-state index in [1.807, 2.05) is 0 Å². The van der Waals surface area contributed by atoms with Crippen molar-refractivity contribution in [1.29, 1.82) is 0 Å². The first-order valence-corrected chi connectivity index (χ1v) is 12.5. The first-order chi connectivity index (χ1) is 14.5. The highest BCUT2D eigenvalue weighted by atomic mass is 32.2. The minimum atomic E-state index is -3.71. The number of nitrogens with one attached hydrogen (secondary N) is 2. The zero-order chi connectivity index (χ0) is 21.0. The summed E-state index contributed by atoms with van der Waals surface area (Å²) in [5.41, 5.74) is 1.37. The molecular weight excluding hydrogens is 420 g/mol. The van der Waals surface area contributed by atoms with Crippen LogP contribution in [0, 0.1) is 5.92 Å². The van der Waals surface area contributed by atoms with E-state index in [9.17, 15) is 8.42 Å². The zero-order valence-electron chi connectivity index (χ0n) is 16.9. The fraction of sp³-hybridized carbons (Fsp3) is 0.429. The maximum absolute atomic E-state index is 12.9. The molecule has 2 N–H and O–H groups in total. The second-order valence-electron chi connectivity index (χ2n) is 7.80. The van der Waals surface area contributed by atoms with Crippen LogP contribution in [-0.4, -0.2) is 24.6 Å². The minimum Gasteiger partial charge on any atom is -0.355 e. The predicted molar refractivity (Wildman–Crippen MR) is 118 cm³/mol. The van der Waals surface area contributed by atoms with Gasteiger partial charge in [0.2, 0.25) is 0 Å². The van der Waals surface area contributed by atoms with Crippen LogP contribution in [0.15, 0.2) is 51.6 Å². The summed E-state index contributed by atoms with van der Waals surface area (Å²) < 4.78 is 33.9. The van der Waals surface area contributed by atoms with E-state index < -0.39 is 10.0 Å². The molecule has 0 radical (unpaired) electrons. The Morgan fingerprint density at radius 2 is 2.03 bits per heavy atom. The minimum absolute atomic E-state index is 0.222. The Balaban J connectivity index is 1.43. The van der Waals surface area contributed by atoms with Crippen LogP contribution in [0.3, 0.4) is 0 Å². The van der Waals surface area contributed by atoms with Gasteiger partial charge in [-0.1, -0.05) is 30.8 Å². The van der Waals surface area contributed by atoms with Gasteiger partial charge < -0.3 is 9.84 Å². The molecule has 160 valence electrons. The van der Waals surface area contributed by atoms with Gasteiger partial charge in [0.15, 0.2) is 5.76 Å². The number of hydrogen-bond acceptors (Lipinski definition) is 7. The number of pyridine rings is 1. The summed E-state index contributed by atoms with van der Waals surface area (Å²) in [5, 5.41) is 7.19. The van der Waals surface area contributed by atoms with Gasteiger partial charge in [-0.15, -0.1) is 11.3 Å². The molecule has 1 atom stereocenters. The van der Waals surface area contributed by atoms with Crippen molar-refractivity contribution in [3.05, 3.63) is 48.4 Å². The van der Waals surface area contributed by atoms with Crippen LogP contribution in [0.1, 0.15) is 44.6 Å². The Hall–Kier alpha value is -2.23. The Morgan fingerprint density at radius 3 is 2.80 bits per heavy atom. The lowest BCUT2D eigenvalue weighted by Gasteiger charge is -2.19. The largest absolute Gasteiger partial charge is 0.355 e. The number of sulfonamides is 1. The number of hydrogen-bond donors (Lipinski definition) is 2. The molecule has 1 fully saturated rings. The maximum atomic E-state index is 12.9. The van der Waals surface area contributed by atoms with E-state index in [1.165, 1.54) is 31.9 Å². The Kier molecular flexibility index (Phi) is 6.50. The quantitative estimate of drug-likeness (QED) is 0.496. The van der Waals surface area contributed by atoms with E-state index >= 15 is 0 Å². The highest BCUT2D eigenvalue weighted by Gasteiger charge is 2.21. The van der Waals surface area contributed by atoms with Gasteiger partial charge in [-0.3, -0.25) is 9.71 Å². The first kappa shape index (κ1) is 21.0. The summed E-state index contributed by atoms with van der Waals surface area (Å²) in [6.45, 7) is 2.75. The molecule has 0 aromatic carbocycles. The second-order valence-corrected chi connectivity index (χ2v) is 10.8. The van der Waals surface area contributed by atoms with Crippen molar-refractivity contribution in [2.24, 2.45) is 5.92 Å². The van der Waals surface area contributed by atoms with E-state index in [1.54, 1.807) is 36.7 Å². The van der Waals surface area contributed by atoms with Crippen LogP contribution in [0.2, 0.25) is 0 Å². The summed E-state index contributed by atoms with van der Waals surface area (Å²) in [6.07, 6.45) is 11.3. The molecule has 0 spiro atoms. The molecule has 0 amide bonds. The third-order valence-electron chi connectivity index (χ3n) is 5.48. The van der Waals surface area contributed by atoms with Gasteiger partial charge in [0, 0.05) is 36.6 Å². The SMILES string of the molecule is CC(CC1CCCC1)NCc1cnccc1NS(=O)(=O)c1ccc(-c2ccno2)s1. The molecule has 9 heteroatoms. The van der Waals surface area contributed by atoms with E-state index in [-0.39, 0.29) is 4.21 Å². The molecule has 30 heavy (non-hydrogen) atoms. The van der Waals surface area contributed by atoms with Gasteiger partial charge in [-0.25, -0.2) is 8.42 Å². The molecule has 0 bridgehead atoms. The van der Waals surface area contributed by atoms with E-state index in [2.05, 4.69) is 27.1 Å². The number of anilines is 1.